The molecule has 11 heteroatoms. The molecule has 0 N–H and O–H groups in total. The number of halogens is 2. The zero-order valence-corrected chi connectivity index (χ0v) is 23.4. The van der Waals surface area contributed by atoms with Crippen LogP contribution in [-0.2, 0) is 28.9 Å². The lowest BCUT2D eigenvalue weighted by Gasteiger charge is -2.32. The van der Waals surface area contributed by atoms with Gasteiger partial charge in [-0.25, -0.2) is 13.1 Å². The maximum absolute atomic E-state index is 13.6. The topological polar surface area (TPSA) is 82.1 Å². The third-order valence-corrected chi connectivity index (χ3v) is 9.88. The van der Waals surface area contributed by atoms with Crippen LogP contribution in [0.3, 0.4) is 0 Å². The highest BCUT2D eigenvalue weighted by Gasteiger charge is 2.45. The van der Waals surface area contributed by atoms with E-state index in [2.05, 4.69) is 17.2 Å². The number of alkyl halides is 2. The lowest BCUT2D eigenvalue weighted by molar-refractivity contribution is 0.0703. The van der Waals surface area contributed by atoms with E-state index in [9.17, 15) is 22.0 Å². The molecule has 1 saturated heterocycles. The number of pyridine rings is 1. The molecule has 4 heterocycles. The summed E-state index contributed by atoms with van der Waals surface area (Å²) in [5, 5.41) is 5.48. The number of hydrogen-bond donors (Lipinski definition) is 0. The van der Waals surface area contributed by atoms with E-state index in [4.69, 9.17) is 0 Å². The van der Waals surface area contributed by atoms with Crippen molar-refractivity contribution in [1.82, 2.24) is 23.2 Å². The summed E-state index contributed by atoms with van der Waals surface area (Å²) >= 11 is 0. The first kappa shape index (κ1) is 27.1. The molecule has 41 heavy (non-hydrogen) atoms. The first-order valence-corrected chi connectivity index (χ1v) is 14.7. The van der Waals surface area contributed by atoms with Gasteiger partial charge in [-0.05, 0) is 60.7 Å². The average molecular weight is 578 g/mol. The molecule has 3 aromatic heterocycles. The van der Waals surface area contributed by atoms with Crippen molar-refractivity contribution in [2.45, 2.75) is 36.6 Å². The Hall–Kier alpha value is -4.09. The van der Waals surface area contributed by atoms with Crippen molar-refractivity contribution in [2.75, 3.05) is 13.1 Å². The summed E-state index contributed by atoms with van der Waals surface area (Å²) in [4.78, 5) is 11.8. The second-order valence-electron chi connectivity index (χ2n) is 10.7. The Balaban J connectivity index is 1.43. The van der Waals surface area contributed by atoms with Crippen LogP contribution in [0.4, 0.5) is 8.78 Å². The first-order valence-electron chi connectivity index (χ1n) is 13.2. The van der Waals surface area contributed by atoms with E-state index in [1.165, 1.54) is 21.0 Å². The van der Waals surface area contributed by atoms with Crippen LogP contribution in [0.1, 0.15) is 29.7 Å². The van der Waals surface area contributed by atoms with Crippen molar-refractivity contribution < 1.29 is 17.2 Å². The summed E-state index contributed by atoms with van der Waals surface area (Å²) in [5.74, 6) is 0. The lowest BCUT2D eigenvalue weighted by atomic mass is 9.73. The Morgan fingerprint density at radius 3 is 2.54 bits per heavy atom. The van der Waals surface area contributed by atoms with Gasteiger partial charge in [0.15, 0.2) is 0 Å². The molecule has 0 spiro atoms. The van der Waals surface area contributed by atoms with Crippen LogP contribution in [0.2, 0.25) is 0 Å². The molecule has 1 unspecified atom stereocenters. The van der Waals surface area contributed by atoms with Crippen molar-refractivity contribution in [3.63, 3.8) is 0 Å². The van der Waals surface area contributed by atoms with Gasteiger partial charge in [-0.2, -0.15) is 18.2 Å². The molecule has 0 amide bonds. The SMILES string of the molecule is Cc1cc2c(cnn2-c2ccc(=O)n(C)c2)cc1C1(Cc2ccccc2)CCN(S(=O)(=O)c2ccn(C(F)F)c2)C1. The second-order valence-corrected chi connectivity index (χ2v) is 12.7. The molecular weight excluding hydrogens is 548 g/mol. The van der Waals surface area contributed by atoms with Crippen LogP contribution in [-0.4, -0.2) is 44.7 Å². The minimum absolute atomic E-state index is 0.113. The zero-order chi connectivity index (χ0) is 28.9. The van der Waals surface area contributed by atoms with Crippen molar-refractivity contribution in [3.8, 4) is 5.69 Å². The highest BCUT2D eigenvalue weighted by molar-refractivity contribution is 7.89. The number of hydrogen-bond acceptors (Lipinski definition) is 4. The van der Waals surface area contributed by atoms with E-state index in [-0.39, 0.29) is 23.5 Å². The van der Waals surface area contributed by atoms with E-state index >= 15 is 0 Å². The fraction of sp³-hybridized carbons (Fsp3) is 0.267. The third-order valence-electron chi connectivity index (χ3n) is 8.05. The summed E-state index contributed by atoms with van der Waals surface area (Å²) in [5.41, 5.74) is 4.06. The number of sulfonamides is 1. The Labute approximate surface area is 236 Å². The smallest absolute Gasteiger partial charge is 0.316 e. The molecule has 8 nitrogen and oxygen atoms in total. The highest BCUT2D eigenvalue weighted by atomic mass is 32.2. The normalized spacial score (nSPS) is 18.1. The van der Waals surface area contributed by atoms with Crippen LogP contribution in [0, 0.1) is 6.92 Å². The fourth-order valence-corrected chi connectivity index (χ4v) is 7.50. The number of aryl methyl sites for hydroxylation is 2. The van der Waals surface area contributed by atoms with Crippen molar-refractivity contribution in [2.24, 2.45) is 7.05 Å². The van der Waals surface area contributed by atoms with Crippen LogP contribution in [0.15, 0.2) is 95.1 Å². The van der Waals surface area contributed by atoms with Gasteiger partial charge in [-0.15, -0.1) is 0 Å². The molecule has 1 fully saturated rings. The summed E-state index contributed by atoms with van der Waals surface area (Å²) in [6, 6.07) is 18.5. The van der Waals surface area contributed by atoms with Crippen LogP contribution in [0.5, 0.6) is 0 Å². The van der Waals surface area contributed by atoms with Gasteiger partial charge in [0.2, 0.25) is 15.6 Å². The van der Waals surface area contributed by atoms with Crippen molar-refractivity contribution in [3.05, 3.63) is 112 Å². The third kappa shape index (κ3) is 4.78. The molecule has 0 bridgehead atoms. The molecule has 0 radical (unpaired) electrons. The molecule has 212 valence electrons. The molecule has 1 atom stereocenters. The minimum atomic E-state index is -3.98. The minimum Gasteiger partial charge on any atom is -0.316 e. The van der Waals surface area contributed by atoms with Crippen LogP contribution >= 0.6 is 0 Å². The maximum Gasteiger partial charge on any atom is 0.318 e. The Morgan fingerprint density at radius 2 is 1.83 bits per heavy atom. The number of fused-ring (bicyclic) bond motifs is 1. The summed E-state index contributed by atoms with van der Waals surface area (Å²) in [6.45, 7) is -0.319. The molecule has 6 rings (SSSR count). The quantitative estimate of drug-likeness (QED) is 0.278. The number of nitrogens with zero attached hydrogens (tertiary/aromatic N) is 5. The van der Waals surface area contributed by atoms with Crippen LogP contribution < -0.4 is 5.56 Å². The summed E-state index contributed by atoms with van der Waals surface area (Å²) in [6.07, 6.45) is 6.76. The van der Waals surface area contributed by atoms with Gasteiger partial charge >= 0.3 is 6.55 Å². The van der Waals surface area contributed by atoms with E-state index < -0.39 is 22.0 Å². The monoisotopic (exact) mass is 577 g/mol. The van der Waals surface area contributed by atoms with Gasteiger partial charge in [-0.1, -0.05) is 30.3 Å². The van der Waals surface area contributed by atoms with E-state index in [1.54, 1.807) is 30.2 Å². The molecule has 0 saturated carbocycles. The van der Waals surface area contributed by atoms with Crippen molar-refractivity contribution in [1.29, 1.82) is 0 Å². The van der Waals surface area contributed by atoms with Gasteiger partial charge in [0, 0.05) is 55.6 Å². The van der Waals surface area contributed by atoms with Gasteiger partial charge < -0.3 is 4.57 Å². The standard InChI is InChI=1S/C30H29F2N5O3S/c1-21-14-27-23(17-33-37(27)24-8-9-28(38)34(2)18-24)15-26(21)30(16-22-6-4-3-5-7-22)11-13-36(20-30)41(39,40)25-10-12-35(19-25)29(31)32/h3-10,12,14-15,17-19,29H,11,13,16,20H2,1-2H3. The summed E-state index contributed by atoms with van der Waals surface area (Å²) in [7, 11) is -2.29. The molecule has 1 aliphatic rings. The predicted octanol–water partition coefficient (Wildman–Crippen LogP) is 4.80. The van der Waals surface area contributed by atoms with E-state index in [0.29, 0.717) is 17.4 Å². The Kier molecular flexibility index (Phi) is 6.66. The summed E-state index contributed by atoms with van der Waals surface area (Å²) < 4.78 is 58.8. The van der Waals surface area contributed by atoms with Gasteiger partial charge in [0.1, 0.15) is 4.90 Å². The molecular formula is C30H29F2N5O3S. The first-order chi connectivity index (χ1) is 19.6. The predicted molar refractivity (Wildman–Crippen MR) is 152 cm³/mol. The fourth-order valence-electron chi connectivity index (χ4n) is 5.96. The number of aromatic nitrogens is 4. The maximum atomic E-state index is 13.6. The molecule has 5 aromatic rings. The van der Waals surface area contributed by atoms with E-state index in [1.807, 2.05) is 37.3 Å². The second kappa shape index (κ2) is 10.1. The highest BCUT2D eigenvalue weighted by Crippen LogP contribution is 2.42. The van der Waals surface area contributed by atoms with E-state index in [0.717, 1.165) is 45.7 Å². The molecule has 1 aliphatic heterocycles. The molecule has 2 aromatic carbocycles. The number of rotatable bonds is 7. The van der Waals surface area contributed by atoms with Gasteiger partial charge in [0.25, 0.3) is 0 Å². The van der Waals surface area contributed by atoms with Crippen molar-refractivity contribution >= 4 is 20.9 Å². The Morgan fingerprint density at radius 1 is 1.05 bits per heavy atom. The Bertz CT molecular complexity index is 1910. The van der Waals surface area contributed by atoms with Gasteiger partial charge in [0.05, 0.1) is 17.4 Å². The lowest BCUT2D eigenvalue weighted by Crippen LogP contribution is -2.36. The average Bonchev–Trinajstić information content (AvgIpc) is 3.70. The number of benzene rings is 2. The molecule has 0 aliphatic carbocycles. The van der Waals surface area contributed by atoms with Crippen LogP contribution in [0.25, 0.3) is 16.6 Å². The largest absolute Gasteiger partial charge is 0.318 e. The van der Waals surface area contributed by atoms with Gasteiger partial charge in [-0.3, -0.25) is 9.36 Å². The zero-order valence-electron chi connectivity index (χ0n) is 22.6.